The number of methoxy groups -OCH3 is 1. The summed E-state index contributed by atoms with van der Waals surface area (Å²) in [7, 11) is 4.04. The number of aromatic hydroxyl groups is 1. The molecular weight excluding hydrogens is 444 g/mol. The molecule has 1 aromatic carbocycles. The quantitative estimate of drug-likeness (QED) is 0.596. The van der Waals surface area contributed by atoms with Crippen molar-refractivity contribution in [1.29, 1.82) is 0 Å². The molecule has 2 unspecified atom stereocenters. The zero-order valence-electron chi connectivity index (χ0n) is 22.3. The van der Waals surface area contributed by atoms with Gasteiger partial charge in [-0.15, -0.1) is 0 Å². The molecule has 6 atom stereocenters. The van der Waals surface area contributed by atoms with Crippen LogP contribution in [0.3, 0.4) is 0 Å². The molecule has 4 aliphatic rings. The second-order valence-electron chi connectivity index (χ2n) is 12.5. The first-order valence-electron chi connectivity index (χ1n) is 13.2. The summed E-state index contributed by atoms with van der Waals surface area (Å²) in [5.74, 6) is 0.929. The van der Waals surface area contributed by atoms with Gasteiger partial charge in [-0.1, -0.05) is 19.9 Å². The fourth-order valence-electron chi connectivity index (χ4n) is 7.65. The average molecular weight is 487 g/mol. The Morgan fingerprint density at radius 1 is 1.31 bits per heavy atom. The smallest absolute Gasteiger partial charge is 0.323 e. The molecule has 1 saturated heterocycles. The van der Waals surface area contributed by atoms with Crippen molar-refractivity contribution in [2.75, 3.05) is 20.7 Å². The van der Waals surface area contributed by atoms with Gasteiger partial charge in [-0.25, -0.2) is 0 Å². The number of esters is 1. The van der Waals surface area contributed by atoms with Gasteiger partial charge in [0.25, 0.3) is 0 Å². The summed E-state index contributed by atoms with van der Waals surface area (Å²) < 4.78 is 19.0. The fourth-order valence-corrected chi connectivity index (χ4v) is 7.65. The third kappa shape index (κ3) is 3.60. The number of carbonyl (C=O) groups is 1. The molecule has 0 aromatic heterocycles. The molecule has 2 N–H and O–H groups in total. The Balaban J connectivity index is 1.56. The Kier molecular flexibility index (Phi) is 5.93. The topological polar surface area (TPSA) is 80.3 Å². The van der Waals surface area contributed by atoms with E-state index in [1.807, 2.05) is 27.9 Å². The Morgan fingerprint density at radius 2 is 2.06 bits per heavy atom. The summed E-state index contributed by atoms with van der Waals surface area (Å²) in [5.41, 5.74) is 1.07. The molecule has 2 aliphatic heterocycles. The van der Waals surface area contributed by atoms with Crippen LogP contribution in [0.2, 0.25) is 0 Å². The zero-order chi connectivity index (χ0) is 25.3. The predicted molar refractivity (Wildman–Crippen MR) is 134 cm³/mol. The van der Waals surface area contributed by atoms with Crippen LogP contribution in [0.25, 0.3) is 0 Å². The largest absolute Gasteiger partial charge is 0.504 e. The summed E-state index contributed by atoms with van der Waals surface area (Å²) in [6.45, 7) is 10.9. The Hall–Kier alpha value is -1.83. The number of likely N-dealkylation sites (N-methyl/N-ethyl adjacent to an activating group) is 1. The minimum absolute atomic E-state index is 0.0589. The van der Waals surface area contributed by atoms with Crippen molar-refractivity contribution in [3.05, 3.63) is 23.3 Å². The van der Waals surface area contributed by atoms with Crippen molar-refractivity contribution < 1.29 is 24.1 Å². The minimum atomic E-state index is -0.546. The van der Waals surface area contributed by atoms with Gasteiger partial charge < -0.3 is 24.2 Å². The lowest BCUT2D eigenvalue weighted by Gasteiger charge is -2.65. The summed E-state index contributed by atoms with van der Waals surface area (Å²) in [6, 6.07) is 3.59. The first kappa shape index (κ1) is 24.8. The first-order chi connectivity index (χ1) is 16.4. The van der Waals surface area contributed by atoms with Gasteiger partial charge in [0.15, 0.2) is 11.5 Å². The van der Waals surface area contributed by atoms with E-state index in [0.29, 0.717) is 18.1 Å². The number of piperidine rings is 1. The van der Waals surface area contributed by atoms with Gasteiger partial charge in [0.2, 0.25) is 0 Å². The number of phenols is 1. The van der Waals surface area contributed by atoms with Gasteiger partial charge in [-0.3, -0.25) is 10.1 Å². The van der Waals surface area contributed by atoms with Crippen LogP contribution >= 0.6 is 0 Å². The Labute approximate surface area is 209 Å². The molecule has 2 bridgehead atoms. The number of ether oxygens (including phenoxy) is 3. The number of likely N-dealkylation sites (tertiary alicyclic amines) is 1. The standard InChI is InChI=1S/C28H42N2O5/c1-16(2)14-19(25(32)35-26(3,4)5)29-18-10-11-28(33-7)21-15-17-8-9-20(31)23-22(17)27(28,24(18)34-23)12-13-30(21)6/h8-9,16,18-19,21,24,29,31H,10-15H2,1-7H3/t18-,19+,21?,24+,27?,28-/m1/s1. The van der Waals surface area contributed by atoms with Crippen LogP contribution in [-0.4, -0.2) is 72.1 Å². The predicted octanol–water partition coefficient (Wildman–Crippen LogP) is 3.54. The highest BCUT2D eigenvalue weighted by atomic mass is 16.6. The summed E-state index contributed by atoms with van der Waals surface area (Å²) in [5, 5.41) is 14.5. The number of hydrogen-bond donors (Lipinski definition) is 2. The minimum Gasteiger partial charge on any atom is -0.504 e. The Bertz CT molecular complexity index is 1000. The van der Waals surface area contributed by atoms with Gasteiger partial charge in [-0.2, -0.15) is 0 Å². The third-order valence-corrected chi connectivity index (χ3v) is 8.87. The lowest BCUT2D eigenvalue weighted by molar-refractivity contribution is -0.204. The second-order valence-corrected chi connectivity index (χ2v) is 12.5. The molecule has 1 saturated carbocycles. The number of hydrogen-bond acceptors (Lipinski definition) is 7. The van der Waals surface area contributed by atoms with Gasteiger partial charge in [0.1, 0.15) is 17.7 Å². The molecular formula is C28H42N2O5. The van der Waals surface area contributed by atoms with Crippen molar-refractivity contribution in [1.82, 2.24) is 10.2 Å². The highest BCUT2D eigenvalue weighted by Gasteiger charge is 2.73. The molecule has 194 valence electrons. The van der Waals surface area contributed by atoms with Crippen LogP contribution in [0.15, 0.2) is 12.1 Å². The van der Waals surface area contributed by atoms with Crippen molar-refractivity contribution in [3.63, 3.8) is 0 Å². The molecule has 2 aliphatic carbocycles. The monoisotopic (exact) mass is 486 g/mol. The van der Waals surface area contributed by atoms with Crippen LogP contribution < -0.4 is 10.1 Å². The number of phenolic OH excluding ortho intramolecular Hbond substituents is 1. The van der Waals surface area contributed by atoms with Gasteiger partial charge in [0.05, 0.1) is 11.0 Å². The van der Waals surface area contributed by atoms with Crippen molar-refractivity contribution in [3.8, 4) is 11.5 Å². The van der Waals surface area contributed by atoms with Gasteiger partial charge in [0, 0.05) is 24.8 Å². The third-order valence-electron chi connectivity index (χ3n) is 8.87. The zero-order valence-corrected chi connectivity index (χ0v) is 22.3. The van der Waals surface area contributed by atoms with E-state index in [9.17, 15) is 9.90 Å². The Morgan fingerprint density at radius 3 is 2.71 bits per heavy atom. The number of rotatable bonds is 6. The van der Waals surface area contributed by atoms with E-state index in [4.69, 9.17) is 14.2 Å². The van der Waals surface area contributed by atoms with Crippen molar-refractivity contribution in [2.24, 2.45) is 5.92 Å². The molecule has 2 heterocycles. The SMILES string of the molecule is CO[C@@]12CC[C@@H](N[C@@H](CC(C)C)C(=O)OC(C)(C)C)[C@@H]3Oc4c(O)ccc5c4C31CCN(C)C2C5. The van der Waals surface area contributed by atoms with Crippen LogP contribution in [0.1, 0.15) is 71.4 Å². The highest BCUT2D eigenvalue weighted by molar-refractivity contribution is 5.76. The molecule has 7 heteroatoms. The van der Waals surface area contributed by atoms with Crippen LogP contribution in [0.5, 0.6) is 11.5 Å². The summed E-state index contributed by atoms with van der Waals surface area (Å²) in [4.78, 5) is 15.7. The van der Waals surface area contributed by atoms with Crippen LogP contribution in [0.4, 0.5) is 0 Å². The maximum Gasteiger partial charge on any atom is 0.323 e. The maximum atomic E-state index is 13.2. The van der Waals surface area contributed by atoms with E-state index >= 15 is 0 Å². The molecule has 7 nitrogen and oxygen atoms in total. The molecule has 5 rings (SSSR count). The normalized spacial score (nSPS) is 34.3. The fraction of sp³-hybridized carbons (Fsp3) is 0.750. The summed E-state index contributed by atoms with van der Waals surface area (Å²) in [6.07, 6.45) is 3.93. The average Bonchev–Trinajstić information content (AvgIpc) is 3.13. The van der Waals surface area contributed by atoms with E-state index in [-0.39, 0.29) is 35.3 Å². The first-order valence-corrected chi connectivity index (χ1v) is 13.2. The summed E-state index contributed by atoms with van der Waals surface area (Å²) >= 11 is 0. The van der Waals surface area contributed by atoms with E-state index in [2.05, 4.69) is 37.2 Å². The lowest BCUT2D eigenvalue weighted by atomic mass is 9.48. The number of benzene rings is 1. The number of nitrogens with zero attached hydrogens (tertiary/aromatic N) is 1. The number of carbonyl (C=O) groups excluding carboxylic acids is 1. The van der Waals surface area contributed by atoms with Gasteiger partial charge in [-0.05, 0) is 84.0 Å². The lowest BCUT2D eigenvalue weighted by Crippen LogP contribution is -2.78. The number of nitrogens with one attached hydrogen (secondary N) is 1. The molecule has 2 fully saturated rings. The van der Waals surface area contributed by atoms with Crippen LogP contribution in [0, 0.1) is 5.92 Å². The van der Waals surface area contributed by atoms with E-state index in [1.165, 1.54) is 5.56 Å². The van der Waals surface area contributed by atoms with Crippen molar-refractivity contribution >= 4 is 5.97 Å². The maximum absolute atomic E-state index is 13.2. The molecule has 35 heavy (non-hydrogen) atoms. The molecule has 0 amide bonds. The van der Waals surface area contributed by atoms with E-state index in [0.717, 1.165) is 37.8 Å². The van der Waals surface area contributed by atoms with E-state index < -0.39 is 17.2 Å². The molecule has 1 spiro atoms. The van der Waals surface area contributed by atoms with Crippen molar-refractivity contribution in [2.45, 2.75) is 108 Å². The molecule has 1 aromatic rings. The van der Waals surface area contributed by atoms with Gasteiger partial charge >= 0.3 is 5.97 Å². The molecule has 0 radical (unpaired) electrons. The van der Waals surface area contributed by atoms with Crippen LogP contribution in [-0.2, 0) is 26.1 Å². The van der Waals surface area contributed by atoms with E-state index in [1.54, 1.807) is 6.07 Å². The highest BCUT2D eigenvalue weighted by Crippen LogP contribution is 2.66. The second kappa shape index (κ2) is 8.35.